The lowest BCUT2D eigenvalue weighted by molar-refractivity contribution is 0.166. The van der Waals surface area contributed by atoms with Crippen molar-refractivity contribution in [1.29, 1.82) is 0 Å². The molecule has 0 aliphatic rings. The van der Waals surface area contributed by atoms with Crippen molar-refractivity contribution in [3.05, 3.63) is 36.3 Å². The van der Waals surface area contributed by atoms with Crippen LogP contribution in [0, 0.1) is 0 Å². The van der Waals surface area contributed by atoms with Gasteiger partial charge >= 0.3 is 0 Å². The van der Waals surface area contributed by atoms with Crippen molar-refractivity contribution < 1.29 is 9.15 Å². The molecule has 1 aromatic carbocycles. The van der Waals surface area contributed by atoms with Crippen LogP contribution in [0.2, 0.25) is 0 Å². The SMILES string of the molecule is COCc1occ2ccccc12. The summed E-state index contributed by atoms with van der Waals surface area (Å²) in [5, 5.41) is 2.27. The van der Waals surface area contributed by atoms with Gasteiger partial charge in [-0.3, -0.25) is 0 Å². The molecule has 1 aromatic heterocycles. The Labute approximate surface area is 70.8 Å². The molecule has 0 saturated heterocycles. The van der Waals surface area contributed by atoms with Crippen molar-refractivity contribution in [2.45, 2.75) is 6.61 Å². The minimum atomic E-state index is 0.535. The van der Waals surface area contributed by atoms with Gasteiger partial charge in [0.05, 0.1) is 6.26 Å². The lowest BCUT2D eigenvalue weighted by atomic mass is 10.2. The van der Waals surface area contributed by atoms with Crippen LogP contribution >= 0.6 is 0 Å². The van der Waals surface area contributed by atoms with E-state index in [1.807, 2.05) is 24.3 Å². The second-order valence-corrected chi connectivity index (χ2v) is 2.68. The fourth-order valence-electron chi connectivity index (χ4n) is 1.29. The van der Waals surface area contributed by atoms with Crippen LogP contribution in [0.1, 0.15) is 5.76 Å². The van der Waals surface area contributed by atoms with Crippen LogP contribution in [0.5, 0.6) is 0 Å². The van der Waals surface area contributed by atoms with Crippen molar-refractivity contribution in [3.8, 4) is 0 Å². The van der Waals surface area contributed by atoms with E-state index in [4.69, 9.17) is 9.15 Å². The molecule has 2 nitrogen and oxygen atoms in total. The third-order valence-corrected chi connectivity index (χ3v) is 1.86. The van der Waals surface area contributed by atoms with Gasteiger partial charge in [-0.25, -0.2) is 0 Å². The summed E-state index contributed by atoms with van der Waals surface area (Å²) < 4.78 is 10.3. The standard InChI is InChI=1S/C10H10O2/c1-11-7-10-9-5-3-2-4-8(9)6-12-10/h2-6H,7H2,1H3. The molecule has 2 heteroatoms. The number of methoxy groups -OCH3 is 1. The van der Waals surface area contributed by atoms with Gasteiger partial charge in [0.1, 0.15) is 12.4 Å². The summed E-state index contributed by atoms with van der Waals surface area (Å²) in [6.45, 7) is 0.535. The normalized spacial score (nSPS) is 10.8. The van der Waals surface area contributed by atoms with Crippen LogP contribution in [-0.4, -0.2) is 7.11 Å². The lowest BCUT2D eigenvalue weighted by Gasteiger charge is -1.93. The molecular weight excluding hydrogens is 152 g/mol. The molecule has 0 N–H and O–H groups in total. The smallest absolute Gasteiger partial charge is 0.137 e. The minimum absolute atomic E-state index is 0.535. The van der Waals surface area contributed by atoms with Crippen LogP contribution < -0.4 is 0 Å². The van der Waals surface area contributed by atoms with Gasteiger partial charge in [-0.2, -0.15) is 0 Å². The Hall–Kier alpha value is -1.28. The quantitative estimate of drug-likeness (QED) is 0.677. The molecule has 0 aliphatic carbocycles. The van der Waals surface area contributed by atoms with Gasteiger partial charge in [0.15, 0.2) is 0 Å². The van der Waals surface area contributed by atoms with Gasteiger partial charge < -0.3 is 9.15 Å². The Bertz CT molecular complexity index is 376. The first kappa shape index (κ1) is 7.37. The van der Waals surface area contributed by atoms with Crippen LogP contribution in [0.15, 0.2) is 34.9 Å². The molecule has 1 heterocycles. The number of fused-ring (bicyclic) bond motifs is 1. The van der Waals surface area contributed by atoms with Crippen LogP contribution in [0.25, 0.3) is 10.8 Å². The number of rotatable bonds is 2. The highest BCUT2D eigenvalue weighted by Gasteiger charge is 2.03. The number of ether oxygens (including phenoxy) is 1. The number of benzene rings is 1. The molecule has 12 heavy (non-hydrogen) atoms. The van der Waals surface area contributed by atoms with Gasteiger partial charge in [-0.15, -0.1) is 0 Å². The maximum atomic E-state index is 5.33. The zero-order valence-corrected chi connectivity index (χ0v) is 6.91. The Kier molecular flexibility index (Phi) is 1.84. The monoisotopic (exact) mass is 162 g/mol. The number of hydrogen-bond donors (Lipinski definition) is 0. The second-order valence-electron chi connectivity index (χ2n) is 2.68. The topological polar surface area (TPSA) is 22.4 Å². The predicted molar refractivity (Wildman–Crippen MR) is 46.9 cm³/mol. The van der Waals surface area contributed by atoms with Gasteiger partial charge in [-0.1, -0.05) is 24.3 Å². The van der Waals surface area contributed by atoms with E-state index in [1.165, 1.54) is 0 Å². The maximum Gasteiger partial charge on any atom is 0.137 e. The summed E-state index contributed by atoms with van der Waals surface area (Å²) >= 11 is 0. The third kappa shape index (κ3) is 1.10. The second kappa shape index (κ2) is 2.99. The van der Waals surface area contributed by atoms with E-state index in [1.54, 1.807) is 13.4 Å². The van der Waals surface area contributed by atoms with E-state index in [0.717, 1.165) is 16.5 Å². The fraction of sp³-hybridized carbons (Fsp3) is 0.200. The van der Waals surface area contributed by atoms with E-state index >= 15 is 0 Å². The number of furan rings is 1. The molecule has 2 rings (SSSR count). The minimum Gasteiger partial charge on any atom is -0.466 e. The summed E-state index contributed by atoms with van der Waals surface area (Å²) in [6, 6.07) is 8.05. The molecule has 0 fully saturated rings. The van der Waals surface area contributed by atoms with Crippen molar-refractivity contribution in [1.82, 2.24) is 0 Å². The van der Waals surface area contributed by atoms with Crippen molar-refractivity contribution in [2.24, 2.45) is 0 Å². The highest BCUT2D eigenvalue weighted by Crippen LogP contribution is 2.20. The zero-order chi connectivity index (χ0) is 8.39. The first-order chi connectivity index (χ1) is 5.92. The molecule has 62 valence electrons. The van der Waals surface area contributed by atoms with Crippen LogP contribution in [0.4, 0.5) is 0 Å². The fourth-order valence-corrected chi connectivity index (χ4v) is 1.29. The van der Waals surface area contributed by atoms with Crippen molar-refractivity contribution >= 4 is 10.8 Å². The summed E-state index contributed by atoms with van der Waals surface area (Å²) in [5.41, 5.74) is 0. The van der Waals surface area contributed by atoms with E-state index in [2.05, 4.69) is 0 Å². The van der Waals surface area contributed by atoms with Gasteiger partial charge in [-0.05, 0) is 0 Å². The van der Waals surface area contributed by atoms with Crippen molar-refractivity contribution in [2.75, 3.05) is 7.11 Å². The highest BCUT2D eigenvalue weighted by atomic mass is 16.5. The van der Waals surface area contributed by atoms with Gasteiger partial charge in [0, 0.05) is 17.9 Å². The zero-order valence-electron chi connectivity index (χ0n) is 6.91. The molecule has 0 aliphatic heterocycles. The Morgan fingerprint density at radius 1 is 1.33 bits per heavy atom. The van der Waals surface area contributed by atoms with Crippen molar-refractivity contribution in [3.63, 3.8) is 0 Å². The molecule has 0 bridgehead atoms. The predicted octanol–water partition coefficient (Wildman–Crippen LogP) is 2.58. The first-order valence-corrected chi connectivity index (χ1v) is 3.86. The average Bonchev–Trinajstić information content (AvgIpc) is 2.50. The van der Waals surface area contributed by atoms with E-state index in [9.17, 15) is 0 Å². The maximum absolute atomic E-state index is 5.33. The molecule has 2 aromatic rings. The summed E-state index contributed by atoms with van der Waals surface area (Å²) in [7, 11) is 1.66. The van der Waals surface area contributed by atoms with Crippen LogP contribution in [0.3, 0.4) is 0 Å². The average molecular weight is 162 g/mol. The van der Waals surface area contributed by atoms with Crippen LogP contribution in [-0.2, 0) is 11.3 Å². The molecule has 0 radical (unpaired) electrons. The van der Waals surface area contributed by atoms with E-state index in [0.29, 0.717) is 6.61 Å². The van der Waals surface area contributed by atoms with E-state index in [-0.39, 0.29) is 0 Å². The summed E-state index contributed by atoms with van der Waals surface area (Å²) in [5.74, 6) is 0.896. The van der Waals surface area contributed by atoms with Gasteiger partial charge in [0.2, 0.25) is 0 Å². The Morgan fingerprint density at radius 2 is 2.17 bits per heavy atom. The van der Waals surface area contributed by atoms with E-state index < -0.39 is 0 Å². The first-order valence-electron chi connectivity index (χ1n) is 3.86. The number of hydrogen-bond acceptors (Lipinski definition) is 2. The molecular formula is C10H10O2. The van der Waals surface area contributed by atoms with Gasteiger partial charge in [0.25, 0.3) is 0 Å². The molecule has 0 amide bonds. The largest absolute Gasteiger partial charge is 0.466 e. The highest BCUT2D eigenvalue weighted by molar-refractivity contribution is 5.83. The molecule has 0 saturated carbocycles. The third-order valence-electron chi connectivity index (χ3n) is 1.86. The lowest BCUT2D eigenvalue weighted by Crippen LogP contribution is -1.83. The summed E-state index contributed by atoms with van der Waals surface area (Å²) in [4.78, 5) is 0. The molecule has 0 unspecified atom stereocenters. The Morgan fingerprint density at radius 3 is 3.00 bits per heavy atom. The molecule has 0 atom stereocenters. The summed E-state index contributed by atoms with van der Waals surface area (Å²) in [6.07, 6.45) is 1.75. The Balaban J connectivity index is 2.55. The molecule has 0 spiro atoms.